The van der Waals surface area contributed by atoms with E-state index in [-0.39, 0.29) is 18.5 Å². The van der Waals surface area contributed by atoms with Crippen LogP contribution in [-0.4, -0.2) is 10.7 Å². The zero-order valence-electron chi connectivity index (χ0n) is 33.2. The second-order valence-corrected chi connectivity index (χ2v) is 16.6. The number of nitrogens with one attached hydrogen (secondary N) is 3. The molecule has 5 nitrogen and oxygen atoms in total. The fourth-order valence-corrected chi connectivity index (χ4v) is 10.7. The number of rotatable bonds is 4. The average Bonchev–Trinajstić information content (AvgIpc) is 3.77. The molecule has 0 radical (unpaired) electrons. The Kier molecular flexibility index (Phi) is 7.76. The minimum Gasteiger partial charge on any atom is -0.457 e. The first-order valence-electron chi connectivity index (χ1n) is 20.9. The number of benzene rings is 7. The third kappa shape index (κ3) is 5.15. The monoisotopic (exact) mass is 764 g/mol. The molecule has 4 atom stereocenters. The molecule has 1 aromatic heterocycles. The predicted molar refractivity (Wildman–Crippen MR) is 239 cm³/mol. The van der Waals surface area contributed by atoms with E-state index in [1.807, 2.05) is 0 Å². The average molecular weight is 765 g/mol. The van der Waals surface area contributed by atoms with Gasteiger partial charge in [0.25, 0.3) is 0 Å². The molecule has 4 unspecified atom stereocenters. The molecule has 59 heavy (non-hydrogen) atoms. The molecule has 1 saturated heterocycles. The number of aromatic nitrogens is 1. The molecule has 2 aliphatic heterocycles. The van der Waals surface area contributed by atoms with Crippen LogP contribution >= 0.6 is 0 Å². The number of hydrogen-bond donors (Lipinski definition) is 3. The van der Waals surface area contributed by atoms with Crippen molar-refractivity contribution in [1.82, 2.24) is 20.5 Å². The number of aryl methyl sites for hydroxylation is 2. The number of fused-ring (bicyclic) bond motifs is 12. The van der Waals surface area contributed by atoms with Crippen LogP contribution < -0.4 is 20.7 Å². The van der Waals surface area contributed by atoms with Crippen molar-refractivity contribution in [2.45, 2.75) is 50.6 Å². The molecule has 5 heteroatoms. The molecule has 0 bridgehead atoms. The molecule has 7 aromatic carbocycles. The van der Waals surface area contributed by atoms with E-state index in [0.717, 1.165) is 30.0 Å². The van der Waals surface area contributed by atoms with E-state index in [9.17, 15) is 0 Å². The van der Waals surface area contributed by atoms with Crippen molar-refractivity contribution in [1.29, 1.82) is 0 Å². The summed E-state index contributed by atoms with van der Waals surface area (Å²) < 4.78 is 9.14. The van der Waals surface area contributed by atoms with Crippen LogP contribution in [0, 0.1) is 13.8 Å². The van der Waals surface area contributed by atoms with Crippen LogP contribution in [0.1, 0.15) is 69.7 Å². The van der Waals surface area contributed by atoms with Gasteiger partial charge in [0, 0.05) is 27.6 Å². The lowest BCUT2D eigenvalue weighted by molar-refractivity contribution is 0.224. The maximum atomic E-state index is 6.71. The van der Waals surface area contributed by atoms with Gasteiger partial charge in [0.15, 0.2) is 0 Å². The Balaban J connectivity index is 1.04. The Morgan fingerprint density at radius 1 is 0.559 bits per heavy atom. The third-order valence-electron chi connectivity index (χ3n) is 13.1. The largest absolute Gasteiger partial charge is 0.457 e. The highest BCUT2D eigenvalue weighted by Gasteiger charge is 2.52. The van der Waals surface area contributed by atoms with Crippen LogP contribution in [0.5, 0.6) is 11.5 Å². The van der Waals surface area contributed by atoms with Gasteiger partial charge in [-0.3, -0.25) is 16.0 Å². The quantitative estimate of drug-likeness (QED) is 0.167. The first-order chi connectivity index (χ1) is 29.1. The first kappa shape index (κ1) is 34.5. The molecule has 1 fully saturated rings. The Bertz CT molecular complexity index is 3030. The summed E-state index contributed by atoms with van der Waals surface area (Å²) in [6, 6.07) is 55.9. The van der Waals surface area contributed by atoms with Gasteiger partial charge in [-0.25, -0.2) is 0 Å². The van der Waals surface area contributed by atoms with Crippen LogP contribution in [0.25, 0.3) is 38.6 Å². The van der Waals surface area contributed by atoms with Gasteiger partial charge in [-0.15, -0.1) is 0 Å². The smallest absolute Gasteiger partial charge is 0.132 e. The fourth-order valence-electron chi connectivity index (χ4n) is 10.7. The Morgan fingerprint density at radius 2 is 1.25 bits per heavy atom. The van der Waals surface area contributed by atoms with Crippen molar-refractivity contribution in [3.05, 3.63) is 220 Å². The number of hydrogen-bond acceptors (Lipinski definition) is 4. The van der Waals surface area contributed by atoms with Gasteiger partial charge >= 0.3 is 0 Å². The number of allylic oxidation sites excluding steroid dienone is 2. The van der Waals surface area contributed by atoms with Crippen molar-refractivity contribution < 1.29 is 4.74 Å². The van der Waals surface area contributed by atoms with Gasteiger partial charge < -0.3 is 9.30 Å². The van der Waals surface area contributed by atoms with Crippen LogP contribution in [0.2, 0.25) is 0 Å². The second kappa shape index (κ2) is 13.3. The Morgan fingerprint density at radius 3 is 2.07 bits per heavy atom. The van der Waals surface area contributed by atoms with E-state index in [1.165, 1.54) is 83.0 Å². The molecule has 12 rings (SSSR count). The van der Waals surface area contributed by atoms with E-state index in [2.05, 4.69) is 204 Å². The van der Waals surface area contributed by atoms with Crippen LogP contribution in [0.3, 0.4) is 0 Å². The molecule has 2 aliphatic carbocycles. The lowest BCUT2D eigenvalue weighted by Crippen LogP contribution is -2.59. The van der Waals surface area contributed by atoms with E-state index in [1.54, 1.807) is 0 Å². The van der Waals surface area contributed by atoms with Crippen molar-refractivity contribution in [3.63, 3.8) is 0 Å². The molecule has 0 amide bonds. The third-order valence-corrected chi connectivity index (χ3v) is 13.1. The molecule has 1 spiro atoms. The van der Waals surface area contributed by atoms with Gasteiger partial charge in [0.05, 0.1) is 34.9 Å². The molecular formula is C54H44N4O. The summed E-state index contributed by atoms with van der Waals surface area (Å²) in [5.74, 6) is 1.83. The highest BCUT2D eigenvalue weighted by atomic mass is 16.5. The summed E-state index contributed by atoms with van der Waals surface area (Å²) in [5, 5.41) is 14.7. The zero-order valence-corrected chi connectivity index (χ0v) is 33.2. The zero-order chi connectivity index (χ0) is 39.2. The summed E-state index contributed by atoms with van der Waals surface area (Å²) in [6.07, 6.45) is 8.70. The summed E-state index contributed by atoms with van der Waals surface area (Å²) in [5.41, 5.74) is 16.6. The topological polar surface area (TPSA) is 50.2 Å². The molecule has 4 aliphatic rings. The summed E-state index contributed by atoms with van der Waals surface area (Å²) >= 11 is 0. The summed E-state index contributed by atoms with van der Waals surface area (Å²) in [4.78, 5) is 0. The second-order valence-electron chi connectivity index (χ2n) is 16.6. The van der Waals surface area contributed by atoms with E-state index in [4.69, 9.17) is 4.74 Å². The number of ether oxygens (including phenoxy) is 1. The highest BCUT2D eigenvalue weighted by Crippen LogP contribution is 2.63. The van der Waals surface area contributed by atoms with E-state index >= 15 is 0 Å². The number of nitrogens with zero attached hydrogens (tertiary/aromatic N) is 1. The molecule has 0 saturated carbocycles. The normalized spacial score (nSPS) is 21.5. The predicted octanol–water partition coefficient (Wildman–Crippen LogP) is 12.0. The highest BCUT2D eigenvalue weighted by molar-refractivity contribution is 6.09. The van der Waals surface area contributed by atoms with Gasteiger partial charge in [-0.1, -0.05) is 133 Å². The minimum absolute atomic E-state index is 0.0750. The molecule has 3 N–H and O–H groups in total. The minimum atomic E-state index is -0.534. The standard InChI is InChI=1S/C54H44N4O/c1-33-27-28-44-49(31-33)59-48-26-13-10-22-43(48)54(44)42-21-9-6-19-40(42)50-41(20-14-23-45(50)54)53-56-51(35-15-4-3-5-16-35)55-52(57-53)36-29-34(2)30-37(32-36)58-46-24-11-7-17-38(46)39-18-8-12-25-47(39)58/h4,6-32,51-53,55-57H,3,5H2,1-2H3. The van der Waals surface area contributed by atoms with E-state index < -0.39 is 5.41 Å². The first-order valence-corrected chi connectivity index (χ1v) is 20.9. The molecule has 286 valence electrons. The summed E-state index contributed by atoms with van der Waals surface area (Å²) in [6.45, 7) is 4.36. The van der Waals surface area contributed by atoms with Gasteiger partial charge in [-0.05, 0) is 113 Å². The summed E-state index contributed by atoms with van der Waals surface area (Å²) in [7, 11) is 0. The Labute approximate surface area is 344 Å². The fraction of sp³-hybridized carbons (Fsp3) is 0.148. The van der Waals surface area contributed by atoms with Crippen molar-refractivity contribution in [3.8, 4) is 28.3 Å². The lowest BCUT2D eigenvalue weighted by atomic mass is 9.66. The maximum Gasteiger partial charge on any atom is 0.132 e. The Hall–Kier alpha value is -6.50. The number of para-hydroxylation sites is 3. The van der Waals surface area contributed by atoms with Crippen LogP contribution in [0.4, 0.5) is 0 Å². The molecule has 8 aromatic rings. The SMILES string of the molecule is Cc1cc(C2NC(C3=CCCC=C3)NC(c3cccc4c3-c3ccccc3C43c4ccccc4Oc4cc(C)ccc43)N2)cc(-n2c3ccccc3c3ccccc32)c1. The van der Waals surface area contributed by atoms with E-state index in [0.29, 0.717) is 0 Å². The molecule has 3 heterocycles. The van der Waals surface area contributed by atoms with Crippen molar-refractivity contribution >= 4 is 21.8 Å². The van der Waals surface area contributed by atoms with Crippen molar-refractivity contribution in [2.24, 2.45) is 0 Å². The van der Waals surface area contributed by atoms with Gasteiger partial charge in [0.2, 0.25) is 0 Å². The van der Waals surface area contributed by atoms with Crippen LogP contribution in [0.15, 0.2) is 175 Å². The van der Waals surface area contributed by atoms with Crippen molar-refractivity contribution in [2.75, 3.05) is 0 Å². The van der Waals surface area contributed by atoms with Gasteiger partial charge in [0.1, 0.15) is 11.5 Å². The molecular weight excluding hydrogens is 721 g/mol. The van der Waals surface area contributed by atoms with Gasteiger partial charge in [-0.2, -0.15) is 0 Å². The maximum absolute atomic E-state index is 6.71. The van der Waals surface area contributed by atoms with Crippen LogP contribution in [-0.2, 0) is 5.41 Å². The lowest BCUT2D eigenvalue weighted by Gasteiger charge is -2.41.